The fourth-order valence-corrected chi connectivity index (χ4v) is 2.48. The third-order valence-corrected chi connectivity index (χ3v) is 3.64. The molecule has 0 aliphatic rings. The molecular formula is C12H13N2O2S+. The quantitative estimate of drug-likeness (QED) is 0.898. The third kappa shape index (κ3) is 2.82. The number of hydrogen-bond donors (Lipinski definition) is 1. The van der Waals surface area contributed by atoms with Gasteiger partial charge in [0, 0.05) is 6.07 Å². The molecule has 0 aliphatic heterocycles. The van der Waals surface area contributed by atoms with Gasteiger partial charge >= 0.3 is 10.0 Å². The number of pyridine rings is 1. The van der Waals surface area contributed by atoms with E-state index < -0.39 is 10.0 Å². The normalized spacial score (nSPS) is 11.1. The molecule has 0 unspecified atom stereocenters. The predicted molar refractivity (Wildman–Crippen MR) is 65.0 cm³/mol. The minimum absolute atomic E-state index is 0.245. The molecule has 0 spiro atoms. The second-order valence-corrected chi connectivity index (χ2v) is 5.38. The minimum Gasteiger partial charge on any atom is -0.247 e. The lowest BCUT2D eigenvalue weighted by Crippen LogP contribution is -2.19. The summed E-state index contributed by atoms with van der Waals surface area (Å²) in [4.78, 5) is 3.09. The summed E-state index contributed by atoms with van der Waals surface area (Å²) in [7, 11) is -3.51. The Kier molecular flexibility index (Phi) is 3.10. The molecule has 2 N–H and O–H groups in total. The van der Waals surface area contributed by atoms with Crippen molar-refractivity contribution >= 4 is 15.8 Å². The summed E-state index contributed by atoms with van der Waals surface area (Å²) in [5, 5.41) is 0. The van der Waals surface area contributed by atoms with Gasteiger partial charge in [-0.3, -0.25) is 0 Å². The molecule has 4 nitrogen and oxygen atoms in total. The molecule has 1 heterocycles. The Bertz CT molecular complexity index is 609. The molecule has 88 valence electrons. The highest BCUT2D eigenvalue weighted by Gasteiger charge is 2.19. The number of hydrogen-bond acceptors (Lipinski definition) is 2. The zero-order valence-corrected chi connectivity index (χ0v) is 10.2. The number of rotatable bonds is 3. The van der Waals surface area contributed by atoms with Gasteiger partial charge in [0.1, 0.15) is 4.90 Å². The lowest BCUT2D eigenvalue weighted by atomic mass is 10.3. The number of aryl methyl sites for hydroxylation is 1. The van der Waals surface area contributed by atoms with Crippen LogP contribution in [0, 0.1) is 6.92 Å². The highest BCUT2D eigenvalue weighted by molar-refractivity contribution is 7.92. The molecule has 2 rings (SSSR count). The smallest absolute Gasteiger partial charge is 0.247 e. The molecule has 5 heteroatoms. The van der Waals surface area contributed by atoms with E-state index in [1.165, 1.54) is 0 Å². The van der Waals surface area contributed by atoms with Gasteiger partial charge in [-0.2, -0.15) is 13.1 Å². The number of sulfonamides is 1. The fourth-order valence-electron chi connectivity index (χ4n) is 1.44. The van der Waals surface area contributed by atoms with E-state index in [1.807, 2.05) is 13.0 Å². The number of benzene rings is 1. The molecule has 0 atom stereocenters. The average Bonchev–Trinajstić information content (AvgIpc) is 2.29. The molecule has 1 aromatic heterocycles. The largest absolute Gasteiger partial charge is 0.328 e. The first-order chi connectivity index (χ1) is 8.08. The zero-order valence-electron chi connectivity index (χ0n) is 9.34. The summed E-state index contributed by atoms with van der Waals surface area (Å²) in [6.45, 7) is 1.90. The summed E-state index contributed by atoms with van der Waals surface area (Å²) in [5.74, 6) is 0.453. The van der Waals surface area contributed by atoms with E-state index in [0.717, 1.165) is 5.56 Å². The summed E-state index contributed by atoms with van der Waals surface area (Å²) < 4.78 is 26.5. The SMILES string of the molecule is Cc1cc[nH+]c(NS(=O)(=O)c2ccccc2)c1. The van der Waals surface area contributed by atoms with Crippen LogP contribution in [0.15, 0.2) is 53.6 Å². The van der Waals surface area contributed by atoms with Gasteiger partial charge < -0.3 is 0 Å². The molecule has 0 bridgehead atoms. The number of nitrogens with one attached hydrogen (secondary N) is 2. The van der Waals surface area contributed by atoms with E-state index in [9.17, 15) is 8.42 Å². The molecular weight excluding hydrogens is 236 g/mol. The lowest BCUT2D eigenvalue weighted by molar-refractivity contribution is -0.360. The van der Waals surface area contributed by atoms with Crippen LogP contribution in [0.4, 0.5) is 5.82 Å². The molecule has 0 radical (unpaired) electrons. The van der Waals surface area contributed by atoms with Crippen LogP contribution in [-0.2, 0) is 10.0 Å². The van der Waals surface area contributed by atoms with Gasteiger partial charge in [0.25, 0.3) is 5.82 Å². The first kappa shape index (κ1) is 11.6. The van der Waals surface area contributed by atoms with Gasteiger partial charge in [-0.25, -0.2) is 4.98 Å². The molecule has 0 amide bonds. The van der Waals surface area contributed by atoms with Crippen LogP contribution in [0.3, 0.4) is 0 Å². The number of H-pyrrole nitrogens is 1. The van der Waals surface area contributed by atoms with Crippen LogP contribution in [-0.4, -0.2) is 8.42 Å². The van der Waals surface area contributed by atoms with E-state index in [1.54, 1.807) is 42.6 Å². The van der Waals surface area contributed by atoms with Crippen LogP contribution in [0.2, 0.25) is 0 Å². The van der Waals surface area contributed by atoms with Gasteiger partial charge in [-0.05, 0) is 30.7 Å². The Morgan fingerprint density at radius 3 is 2.47 bits per heavy atom. The number of aromatic amines is 1. The summed E-state index contributed by atoms with van der Waals surface area (Å²) in [6, 6.07) is 11.9. The summed E-state index contributed by atoms with van der Waals surface area (Å²) in [6.07, 6.45) is 1.69. The Morgan fingerprint density at radius 2 is 1.82 bits per heavy atom. The zero-order chi connectivity index (χ0) is 12.3. The van der Waals surface area contributed by atoms with Crippen molar-refractivity contribution in [2.45, 2.75) is 11.8 Å². The van der Waals surface area contributed by atoms with Crippen molar-refractivity contribution in [2.75, 3.05) is 4.72 Å². The Balaban J connectivity index is 2.30. The highest BCUT2D eigenvalue weighted by atomic mass is 32.2. The third-order valence-electron chi connectivity index (χ3n) is 2.25. The number of aromatic nitrogens is 1. The van der Waals surface area contributed by atoms with E-state index in [-0.39, 0.29) is 4.90 Å². The van der Waals surface area contributed by atoms with Crippen molar-refractivity contribution in [1.29, 1.82) is 0 Å². The Morgan fingerprint density at radius 1 is 1.12 bits per heavy atom. The van der Waals surface area contributed by atoms with Crippen molar-refractivity contribution < 1.29 is 13.4 Å². The van der Waals surface area contributed by atoms with Gasteiger partial charge in [0.2, 0.25) is 0 Å². The van der Waals surface area contributed by atoms with E-state index in [4.69, 9.17) is 0 Å². The van der Waals surface area contributed by atoms with Crippen LogP contribution >= 0.6 is 0 Å². The molecule has 17 heavy (non-hydrogen) atoms. The maximum Gasteiger partial charge on any atom is 0.328 e. The summed E-state index contributed by atoms with van der Waals surface area (Å²) >= 11 is 0. The maximum atomic E-state index is 12.0. The standard InChI is InChI=1S/C12H12N2O2S/c1-10-7-8-13-12(9-10)14-17(15,16)11-5-3-2-4-6-11/h2-9H,1H3,(H,13,14)/p+1. The van der Waals surface area contributed by atoms with Crippen molar-refractivity contribution in [1.82, 2.24) is 0 Å². The lowest BCUT2D eigenvalue weighted by Gasteiger charge is -2.01. The maximum absolute atomic E-state index is 12.0. The van der Waals surface area contributed by atoms with Crippen molar-refractivity contribution in [2.24, 2.45) is 0 Å². The molecule has 0 saturated heterocycles. The van der Waals surface area contributed by atoms with Crippen LogP contribution in [0.5, 0.6) is 0 Å². The molecule has 0 aliphatic carbocycles. The van der Waals surface area contributed by atoms with Gasteiger partial charge in [0.05, 0.1) is 6.20 Å². The van der Waals surface area contributed by atoms with E-state index in [2.05, 4.69) is 9.71 Å². The van der Waals surface area contributed by atoms with E-state index >= 15 is 0 Å². The van der Waals surface area contributed by atoms with Gasteiger partial charge in [0.15, 0.2) is 0 Å². The van der Waals surface area contributed by atoms with Gasteiger partial charge in [-0.1, -0.05) is 18.2 Å². The van der Waals surface area contributed by atoms with Crippen molar-refractivity contribution in [3.63, 3.8) is 0 Å². The van der Waals surface area contributed by atoms with Crippen molar-refractivity contribution in [3.05, 3.63) is 54.2 Å². The van der Waals surface area contributed by atoms with Crippen LogP contribution in [0.25, 0.3) is 0 Å². The van der Waals surface area contributed by atoms with Crippen molar-refractivity contribution in [3.8, 4) is 0 Å². The summed E-state index contributed by atoms with van der Waals surface area (Å²) in [5.41, 5.74) is 0.981. The Hall–Kier alpha value is -1.88. The first-order valence-electron chi connectivity index (χ1n) is 5.14. The molecule has 0 saturated carbocycles. The molecule has 0 fully saturated rings. The van der Waals surface area contributed by atoms with Crippen LogP contribution < -0.4 is 9.71 Å². The second-order valence-electron chi connectivity index (χ2n) is 3.70. The predicted octanol–water partition coefficient (Wildman–Crippen LogP) is 1.61. The first-order valence-corrected chi connectivity index (χ1v) is 6.62. The Labute approximate surface area is 100 Å². The monoisotopic (exact) mass is 249 g/mol. The topological polar surface area (TPSA) is 60.3 Å². The average molecular weight is 249 g/mol. The van der Waals surface area contributed by atoms with E-state index in [0.29, 0.717) is 5.82 Å². The van der Waals surface area contributed by atoms with Crippen LogP contribution in [0.1, 0.15) is 5.56 Å². The minimum atomic E-state index is -3.51. The van der Waals surface area contributed by atoms with Gasteiger partial charge in [-0.15, -0.1) is 0 Å². The fraction of sp³-hybridized carbons (Fsp3) is 0.0833. The molecule has 2 aromatic rings. The molecule has 1 aromatic carbocycles. The number of anilines is 1. The highest BCUT2D eigenvalue weighted by Crippen LogP contribution is 2.12. The second kappa shape index (κ2) is 4.55.